The van der Waals surface area contributed by atoms with Gasteiger partial charge in [0.15, 0.2) is 0 Å². The number of rotatable bonds is 6. The van der Waals surface area contributed by atoms with Gasteiger partial charge in [0.1, 0.15) is 0 Å². The zero-order valence-corrected chi connectivity index (χ0v) is 9.69. The first kappa shape index (κ1) is 14.0. The molecular weight excluding hydrogens is 198 g/mol. The van der Waals surface area contributed by atoms with Crippen LogP contribution in [0.15, 0.2) is 73.3 Å². The van der Waals surface area contributed by atoms with Gasteiger partial charge in [0.05, 0.1) is 0 Å². The molecule has 0 radical (unpaired) electrons. The van der Waals surface area contributed by atoms with Gasteiger partial charge >= 0.3 is 0 Å². The minimum atomic E-state index is 0.455. The molecule has 0 saturated heterocycles. The van der Waals surface area contributed by atoms with Gasteiger partial charge in [-0.3, -0.25) is 5.01 Å². The first-order valence-corrected chi connectivity index (χ1v) is 4.81. The fourth-order valence-electron chi connectivity index (χ4n) is 0.954. The van der Waals surface area contributed by atoms with Crippen LogP contribution in [-0.2, 0) is 0 Å². The molecule has 86 valence electrons. The summed E-state index contributed by atoms with van der Waals surface area (Å²) in [7, 11) is 0. The third-order valence-corrected chi connectivity index (χ3v) is 1.73. The maximum Gasteiger partial charge on any atom is 0.0499 e. The molecule has 4 N–H and O–H groups in total. The molecule has 0 atom stereocenters. The predicted octanol–water partition coefficient (Wildman–Crippen LogP) is 2.35. The standard InChI is InChI=1S/C13H19N3/c1-5-6-7-8-9-12(3)16(15)13(4)10-11(2)14/h5-10H,1-3,14-15H2,4H3/b7-6-,9-8-,13-10-. The summed E-state index contributed by atoms with van der Waals surface area (Å²) in [5.74, 6) is 5.80. The molecule has 0 saturated carbocycles. The molecular formula is C13H19N3. The van der Waals surface area contributed by atoms with Crippen LogP contribution in [0.4, 0.5) is 0 Å². The lowest BCUT2D eigenvalue weighted by molar-refractivity contribution is 0.466. The highest BCUT2D eigenvalue weighted by atomic mass is 15.4. The predicted molar refractivity (Wildman–Crippen MR) is 70.7 cm³/mol. The summed E-state index contributed by atoms with van der Waals surface area (Å²) in [4.78, 5) is 0. The smallest absolute Gasteiger partial charge is 0.0499 e. The second kappa shape index (κ2) is 7.31. The zero-order chi connectivity index (χ0) is 12.6. The SMILES string of the molecule is C=C/C=C\C=C/C(=C)N(N)/C(C)=C\C(=C)N. The molecule has 0 aliphatic carbocycles. The van der Waals surface area contributed by atoms with Crippen LogP contribution in [0.3, 0.4) is 0 Å². The lowest BCUT2D eigenvalue weighted by atomic mass is 10.3. The highest BCUT2D eigenvalue weighted by Gasteiger charge is 2.00. The van der Waals surface area contributed by atoms with E-state index < -0.39 is 0 Å². The number of nitrogens with two attached hydrogens (primary N) is 2. The van der Waals surface area contributed by atoms with E-state index >= 15 is 0 Å². The Balaban J connectivity index is 4.50. The van der Waals surface area contributed by atoms with Crippen molar-refractivity contribution >= 4 is 0 Å². The van der Waals surface area contributed by atoms with Gasteiger partial charge in [-0.15, -0.1) is 0 Å². The minimum Gasteiger partial charge on any atom is -0.399 e. The number of hydrogen-bond donors (Lipinski definition) is 2. The van der Waals surface area contributed by atoms with Crippen LogP contribution in [0.1, 0.15) is 6.92 Å². The molecule has 0 bridgehead atoms. The van der Waals surface area contributed by atoms with Gasteiger partial charge < -0.3 is 5.73 Å². The molecule has 0 aromatic heterocycles. The zero-order valence-electron chi connectivity index (χ0n) is 9.69. The Bertz CT molecular complexity index is 359. The molecule has 0 unspecified atom stereocenters. The third-order valence-electron chi connectivity index (χ3n) is 1.73. The van der Waals surface area contributed by atoms with Crippen molar-refractivity contribution in [2.24, 2.45) is 11.6 Å². The summed E-state index contributed by atoms with van der Waals surface area (Å²) >= 11 is 0. The van der Waals surface area contributed by atoms with Gasteiger partial charge in [-0.1, -0.05) is 44.0 Å². The van der Waals surface area contributed by atoms with E-state index in [0.717, 1.165) is 5.70 Å². The summed E-state index contributed by atoms with van der Waals surface area (Å²) in [6.45, 7) is 12.8. The van der Waals surface area contributed by atoms with Crippen LogP contribution in [0.2, 0.25) is 0 Å². The van der Waals surface area contributed by atoms with Gasteiger partial charge in [0.25, 0.3) is 0 Å². The van der Waals surface area contributed by atoms with E-state index in [1.54, 1.807) is 18.2 Å². The third kappa shape index (κ3) is 5.67. The fourth-order valence-corrected chi connectivity index (χ4v) is 0.954. The molecule has 0 fully saturated rings. The quantitative estimate of drug-likeness (QED) is 0.408. The average molecular weight is 217 g/mol. The maximum atomic E-state index is 5.80. The van der Waals surface area contributed by atoms with Crippen LogP contribution in [0.25, 0.3) is 0 Å². The normalized spacial score (nSPS) is 12.0. The van der Waals surface area contributed by atoms with Crippen LogP contribution >= 0.6 is 0 Å². The van der Waals surface area contributed by atoms with Crippen molar-refractivity contribution in [3.63, 3.8) is 0 Å². The molecule has 3 heteroatoms. The lowest BCUT2D eigenvalue weighted by Crippen LogP contribution is -2.27. The molecule has 16 heavy (non-hydrogen) atoms. The van der Waals surface area contributed by atoms with Crippen molar-refractivity contribution in [1.29, 1.82) is 0 Å². The monoisotopic (exact) mass is 217 g/mol. The molecule has 0 aliphatic heterocycles. The first-order chi connectivity index (χ1) is 7.49. The van der Waals surface area contributed by atoms with E-state index in [0.29, 0.717) is 11.4 Å². The Hall–Kier alpha value is -2.00. The fraction of sp³-hybridized carbons (Fsp3) is 0.0769. The summed E-state index contributed by atoms with van der Waals surface area (Å²) in [6, 6.07) is 0. The molecule has 0 aromatic rings. The summed E-state index contributed by atoms with van der Waals surface area (Å²) < 4.78 is 0. The van der Waals surface area contributed by atoms with Gasteiger partial charge in [-0.25, -0.2) is 5.84 Å². The van der Waals surface area contributed by atoms with Crippen molar-refractivity contribution < 1.29 is 0 Å². The van der Waals surface area contributed by atoms with Crippen molar-refractivity contribution in [3.05, 3.63) is 73.3 Å². The van der Waals surface area contributed by atoms with Gasteiger partial charge in [0.2, 0.25) is 0 Å². The Morgan fingerprint density at radius 2 is 1.81 bits per heavy atom. The summed E-state index contributed by atoms with van der Waals surface area (Å²) in [5.41, 5.74) is 7.33. The van der Waals surface area contributed by atoms with E-state index in [9.17, 15) is 0 Å². The number of nitrogens with zero attached hydrogens (tertiary/aromatic N) is 1. The van der Waals surface area contributed by atoms with Gasteiger partial charge in [-0.2, -0.15) is 0 Å². The van der Waals surface area contributed by atoms with Crippen LogP contribution in [0, 0.1) is 0 Å². The van der Waals surface area contributed by atoms with Gasteiger partial charge in [0, 0.05) is 17.1 Å². The molecule has 0 heterocycles. The highest BCUT2D eigenvalue weighted by Crippen LogP contribution is 2.07. The van der Waals surface area contributed by atoms with E-state index in [-0.39, 0.29) is 0 Å². The second-order valence-corrected chi connectivity index (χ2v) is 3.20. The molecule has 0 rings (SSSR count). The number of hydrazine groups is 1. The Morgan fingerprint density at radius 1 is 1.19 bits per heavy atom. The van der Waals surface area contributed by atoms with Crippen molar-refractivity contribution in [2.75, 3.05) is 0 Å². The van der Waals surface area contributed by atoms with E-state index in [2.05, 4.69) is 19.7 Å². The van der Waals surface area contributed by atoms with Crippen LogP contribution in [0.5, 0.6) is 0 Å². The number of hydrogen-bond acceptors (Lipinski definition) is 3. The topological polar surface area (TPSA) is 55.3 Å². The summed E-state index contributed by atoms with van der Waals surface area (Å²) in [5, 5.41) is 1.44. The van der Waals surface area contributed by atoms with Crippen molar-refractivity contribution in [1.82, 2.24) is 5.01 Å². The molecule has 0 spiro atoms. The van der Waals surface area contributed by atoms with Crippen molar-refractivity contribution in [2.45, 2.75) is 6.92 Å². The summed E-state index contributed by atoms with van der Waals surface area (Å²) in [6.07, 6.45) is 10.6. The van der Waals surface area contributed by atoms with Crippen LogP contribution < -0.4 is 11.6 Å². The highest BCUT2D eigenvalue weighted by molar-refractivity contribution is 5.25. The Kier molecular flexibility index (Phi) is 6.40. The Morgan fingerprint density at radius 3 is 2.31 bits per heavy atom. The average Bonchev–Trinajstić information content (AvgIpc) is 2.22. The molecule has 0 aliphatic rings. The number of allylic oxidation sites excluding steroid dienone is 7. The molecule has 3 nitrogen and oxygen atoms in total. The van der Waals surface area contributed by atoms with Crippen LogP contribution in [-0.4, -0.2) is 5.01 Å². The van der Waals surface area contributed by atoms with Crippen molar-refractivity contribution in [3.8, 4) is 0 Å². The van der Waals surface area contributed by atoms with E-state index in [1.807, 2.05) is 25.2 Å². The first-order valence-electron chi connectivity index (χ1n) is 4.81. The van der Waals surface area contributed by atoms with E-state index in [4.69, 9.17) is 11.6 Å². The maximum absolute atomic E-state index is 5.80. The molecule has 0 aromatic carbocycles. The molecule has 0 amide bonds. The minimum absolute atomic E-state index is 0.455. The van der Waals surface area contributed by atoms with Gasteiger partial charge in [-0.05, 0) is 19.1 Å². The Labute approximate surface area is 97.4 Å². The lowest BCUT2D eigenvalue weighted by Gasteiger charge is -2.19. The van der Waals surface area contributed by atoms with E-state index in [1.165, 1.54) is 5.01 Å². The second-order valence-electron chi connectivity index (χ2n) is 3.20. The largest absolute Gasteiger partial charge is 0.399 e.